The van der Waals surface area contributed by atoms with Crippen molar-refractivity contribution in [2.24, 2.45) is 0 Å². The van der Waals surface area contributed by atoms with Crippen molar-refractivity contribution in [1.29, 1.82) is 0 Å². The molecule has 0 aliphatic carbocycles. The zero-order valence-electron chi connectivity index (χ0n) is 13.0. The molecule has 0 saturated carbocycles. The molecule has 1 aromatic carbocycles. The standard InChI is InChI=1S/C18H27NOS/c1-14(20)11-16-7-3-2-6-10-19(16)12-15-13-21-18-9-5-4-8-17(15)18/h4-5,8-9,14-16,20H,2-3,6-7,10-13H2,1H3. The van der Waals surface area contributed by atoms with Crippen molar-refractivity contribution in [2.45, 2.75) is 62.0 Å². The molecule has 3 atom stereocenters. The van der Waals surface area contributed by atoms with E-state index < -0.39 is 0 Å². The molecular weight excluding hydrogens is 278 g/mol. The van der Waals surface area contributed by atoms with E-state index in [9.17, 15) is 5.11 Å². The van der Waals surface area contributed by atoms with Gasteiger partial charge in [0.2, 0.25) is 0 Å². The Bertz CT molecular complexity index is 462. The number of hydrogen-bond donors (Lipinski definition) is 1. The molecule has 2 aliphatic rings. The Balaban J connectivity index is 1.69. The van der Waals surface area contributed by atoms with Gasteiger partial charge in [0.1, 0.15) is 0 Å². The summed E-state index contributed by atoms with van der Waals surface area (Å²) < 4.78 is 0. The number of nitrogens with zero attached hydrogens (tertiary/aromatic N) is 1. The second-order valence-electron chi connectivity index (χ2n) is 6.63. The smallest absolute Gasteiger partial charge is 0.0527 e. The molecule has 116 valence electrons. The van der Waals surface area contributed by atoms with Crippen LogP contribution in [0.5, 0.6) is 0 Å². The quantitative estimate of drug-likeness (QED) is 0.913. The Labute approximate surface area is 132 Å². The molecule has 0 spiro atoms. The Kier molecular flexibility index (Phi) is 5.25. The van der Waals surface area contributed by atoms with Crippen LogP contribution in [0.2, 0.25) is 0 Å². The van der Waals surface area contributed by atoms with E-state index in [1.54, 1.807) is 5.56 Å². The largest absolute Gasteiger partial charge is 0.393 e. The minimum atomic E-state index is -0.180. The highest BCUT2D eigenvalue weighted by Crippen LogP contribution is 2.40. The van der Waals surface area contributed by atoms with Gasteiger partial charge in [-0.3, -0.25) is 4.90 Å². The lowest BCUT2D eigenvalue weighted by Crippen LogP contribution is -2.39. The number of aliphatic hydroxyl groups excluding tert-OH is 1. The molecule has 0 aromatic heterocycles. The summed E-state index contributed by atoms with van der Waals surface area (Å²) in [4.78, 5) is 4.15. The summed E-state index contributed by atoms with van der Waals surface area (Å²) in [7, 11) is 0. The first-order chi connectivity index (χ1) is 10.2. The fraction of sp³-hybridized carbons (Fsp3) is 0.667. The van der Waals surface area contributed by atoms with Gasteiger partial charge in [0.05, 0.1) is 6.10 Å². The summed E-state index contributed by atoms with van der Waals surface area (Å²) >= 11 is 2.01. The maximum absolute atomic E-state index is 9.80. The summed E-state index contributed by atoms with van der Waals surface area (Å²) in [5.74, 6) is 1.89. The number of benzene rings is 1. The molecule has 21 heavy (non-hydrogen) atoms. The lowest BCUT2D eigenvalue weighted by atomic mass is 9.98. The average Bonchev–Trinajstić information content (AvgIpc) is 2.75. The molecule has 2 aliphatic heterocycles. The molecule has 1 saturated heterocycles. The van der Waals surface area contributed by atoms with E-state index in [1.165, 1.54) is 49.4 Å². The number of rotatable bonds is 4. The molecule has 1 fully saturated rings. The molecule has 0 amide bonds. The SMILES string of the molecule is CC(O)CC1CCCCCN1CC1CSc2ccccc21. The van der Waals surface area contributed by atoms with Gasteiger partial charge in [-0.2, -0.15) is 0 Å². The van der Waals surface area contributed by atoms with Crippen molar-refractivity contribution in [3.8, 4) is 0 Å². The molecule has 0 bridgehead atoms. The lowest BCUT2D eigenvalue weighted by molar-refractivity contribution is 0.109. The Morgan fingerprint density at radius 3 is 3.00 bits per heavy atom. The van der Waals surface area contributed by atoms with Crippen LogP contribution in [0.3, 0.4) is 0 Å². The third kappa shape index (κ3) is 3.82. The molecule has 1 aromatic rings. The van der Waals surface area contributed by atoms with Crippen LogP contribution in [0.25, 0.3) is 0 Å². The number of fused-ring (bicyclic) bond motifs is 1. The van der Waals surface area contributed by atoms with E-state index in [4.69, 9.17) is 0 Å². The van der Waals surface area contributed by atoms with Gasteiger partial charge in [0.15, 0.2) is 0 Å². The monoisotopic (exact) mass is 305 g/mol. The van der Waals surface area contributed by atoms with E-state index in [0.717, 1.165) is 6.42 Å². The first kappa shape index (κ1) is 15.4. The molecule has 3 heteroatoms. The summed E-state index contributed by atoms with van der Waals surface area (Å²) in [6, 6.07) is 9.46. The third-order valence-electron chi connectivity index (χ3n) is 4.87. The predicted octanol–water partition coefficient (Wildman–Crippen LogP) is 3.89. The van der Waals surface area contributed by atoms with Crippen LogP contribution in [0.15, 0.2) is 29.2 Å². The van der Waals surface area contributed by atoms with Crippen molar-refractivity contribution >= 4 is 11.8 Å². The van der Waals surface area contributed by atoms with Crippen molar-refractivity contribution < 1.29 is 5.11 Å². The van der Waals surface area contributed by atoms with Gasteiger partial charge in [0, 0.05) is 29.2 Å². The number of aliphatic hydroxyl groups is 1. The molecule has 2 heterocycles. The third-order valence-corrected chi connectivity index (χ3v) is 6.12. The number of likely N-dealkylation sites (tertiary alicyclic amines) is 1. The van der Waals surface area contributed by atoms with Gasteiger partial charge in [-0.1, -0.05) is 31.0 Å². The Morgan fingerprint density at radius 2 is 2.14 bits per heavy atom. The van der Waals surface area contributed by atoms with E-state index in [1.807, 2.05) is 18.7 Å². The average molecular weight is 305 g/mol. The van der Waals surface area contributed by atoms with E-state index >= 15 is 0 Å². The van der Waals surface area contributed by atoms with Crippen molar-refractivity contribution in [3.05, 3.63) is 29.8 Å². The van der Waals surface area contributed by atoms with Crippen LogP contribution >= 0.6 is 11.8 Å². The number of hydrogen-bond acceptors (Lipinski definition) is 3. The van der Waals surface area contributed by atoms with E-state index in [-0.39, 0.29) is 6.10 Å². The zero-order chi connectivity index (χ0) is 14.7. The Hall–Kier alpha value is -0.510. The second kappa shape index (κ2) is 7.17. The van der Waals surface area contributed by atoms with E-state index in [2.05, 4.69) is 29.2 Å². The van der Waals surface area contributed by atoms with Crippen LogP contribution in [0, 0.1) is 0 Å². The molecule has 0 radical (unpaired) electrons. The molecule has 1 N–H and O–H groups in total. The van der Waals surface area contributed by atoms with Gasteiger partial charge in [0.25, 0.3) is 0 Å². The van der Waals surface area contributed by atoms with Crippen molar-refractivity contribution in [1.82, 2.24) is 4.90 Å². The minimum Gasteiger partial charge on any atom is -0.393 e. The predicted molar refractivity (Wildman–Crippen MR) is 90.0 cm³/mol. The second-order valence-corrected chi connectivity index (χ2v) is 7.69. The zero-order valence-corrected chi connectivity index (χ0v) is 13.8. The molecular formula is C18H27NOS. The van der Waals surface area contributed by atoms with Crippen molar-refractivity contribution in [3.63, 3.8) is 0 Å². The summed E-state index contributed by atoms with van der Waals surface area (Å²) in [6.07, 6.45) is 6.00. The van der Waals surface area contributed by atoms with E-state index in [0.29, 0.717) is 12.0 Å². The highest BCUT2D eigenvalue weighted by atomic mass is 32.2. The normalized spacial score (nSPS) is 28.1. The Morgan fingerprint density at radius 1 is 1.29 bits per heavy atom. The van der Waals surface area contributed by atoms with Gasteiger partial charge in [-0.25, -0.2) is 0 Å². The van der Waals surface area contributed by atoms with Gasteiger partial charge < -0.3 is 5.11 Å². The van der Waals surface area contributed by atoms with Gasteiger partial charge in [-0.15, -0.1) is 11.8 Å². The lowest BCUT2D eigenvalue weighted by Gasteiger charge is -2.33. The molecule has 3 unspecified atom stereocenters. The highest BCUT2D eigenvalue weighted by Gasteiger charge is 2.29. The van der Waals surface area contributed by atoms with Crippen LogP contribution in [-0.2, 0) is 0 Å². The maximum atomic E-state index is 9.80. The topological polar surface area (TPSA) is 23.5 Å². The van der Waals surface area contributed by atoms with Gasteiger partial charge >= 0.3 is 0 Å². The summed E-state index contributed by atoms with van der Waals surface area (Å²) in [6.45, 7) is 4.31. The van der Waals surface area contributed by atoms with Crippen molar-refractivity contribution in [2.75, 3.05) is 18.8 Å². The highest BCUT2D eigenvalue weighted by molar-refractivity contribution is 7.99. The maximum Gasteiger partial charge on any atom is 0.0527 e. The van der Waals surface area contributed by atoms with Crippen LogP contribution in [0.4, 0.5) is 0 Å². The first-order valence-corrected chi connectivity index (χ1v) is 9.36. The fourth-order valence-corrected chi connectivity index (χ4v) is 5.04. The van der Waals surface area contributed by atoms with Crippen LogP contribution in [-0.4, -0.2) is 41.0 Å². The van der Waals surface area contributed by atoms with Crippen LogP contribution in [0.1, 0.15) is 50.5 Å². The summed E-state index contributed by atoms with van der Waals surface area (Å²) in [5.41, 5.74) is 1.54. The molecule has 3 rings (SSSR count). The fourth-order valence-electron chi connectivity index (χ4n) is 3.80. The molecule has 2 nitrogen and oxygen atoms in total. The summed E-state index contributed by atoms with van der Waals surface area (Å²) in [5, 5.41) is 9.80. The van der Waals surface area contributed by atoms with Gasteiger partial charge in [-0.05, 0) is 44.4 Å². The van der Waals surface area contributed by atoms with Crippen LogP contribution < -0.4 is 0 Å². The first-order valence-electron chi connectivity index (χ1n) is 8.38. The number of thioether (sulfide) groups is 1. The minimum absolute atomic E-state index is 0.180.